The number of carbonyl (C=O) groups is 1. The molecule has 7 heteroatoms. The number of methoxy groups -OCH3 is 1. The number of nitrogens with one attached hydrogen (secondary N) is 2. The summed E-state index contributed by atoms with van der Waals surface area (Å²) in [5.74, 6) is -0.147. The van der Waals surface area contributed by atoms with E-state index in [1.54, 1.807) is 14.2 Å². The van der Waals surface area contributed by atoms with Gasteiger partial charge in [0.25, 0.3) is 5.91 Å². The lowest BCUT2D eigenvalue weighted by Crippen LogP contribution is -2.33. The molecule has 0 aliphatic heterocycles. The average Bonchev–Trinajstić information content (AvgIpc) is 2.96. The molecule has 1 aliphatic rings. The van der Waals surface area contributed by atoms with Gasteiger partial charge in [-0.25, -0.2) is 0 Å². The Kier molecular flexibility index (Phi) is 3.90. The fraction of sp³-hybridized carbons (Fsp3) is 0.700. The summed E-state index contributed by atoms with van der Waals surface area (Å²) in [6.45, 7) is 0. The van der Waals surface area contributed by atoms with E-state index in [-0.39, 0.29) is 18.1 Å². The fourth-order valence-corrected chi connectivity index (χ4v) is 2.55. The van der Waals surface area contributed by atoms with E-state index in [0.29, 0.717) is 10.1 Å². The van der Waals surface area contributed by atoms with Crippen LogP contribution in [0.15, 0.2) is 0 Å². The topological polar surface area (TPSA) is 76.1 Å². The Morgan fingerprint density at radius 3 is 2.88 bits per heavy atom. The minimum absolute atomic E-state index is 0.147. The van der Waals surface area contributed by atoms with E-state index in [0.717, 1.165) is 19.3 Å². The van der Waals surface area contributed by atoms with E-state index < -0.39 is 0 Å². The van der Waals surface area contributed by atoms with Gasteiger partial charge in [0.05, 0.1) is 6.10 Å². The van der Waals surface area contributed by atoms with Gasteiger partial charge in [-0.2, -0.15) is 0 Å². The van der Waals surface area contributed by atoms with Gasteiger partial charge in [-0.3, -0.25) is 4.79 Å². The van der Waals surface area contributed by atoms with Crippen molar-refractivity contribution in [3.63, 3.8) is 0 Å². The number of hydrogen-bond donors (Lipinski definition) is 2. The molecule has 1 aromatic rings. The maximum atomic E-state index is 11.9. The summed E-state index contributed by atoms with van der Waals surface area (Å²) >= 11 is 1.25. The van der Waals surface area contributed by atoms with E-state index in [4.69, 9.17) is 4.74 Å². The van der Waals surface area contributed by atoms with Crippen LogP contribution in [0.5, 0.6) is 0 Å². The maximum Gasteiger partial charge on any atom is 0.282 e. The quantitative estimate of drug-likeness (QED) is 0.836. The van der Waals surface area contributed by atoms with Gasteiger partial charge < -0.3 is 15.4 Å². The Bertz CT molecular complexity index is 395. The number of nitrogens with zero attached hydrogens (tertiary/aromatic N) is 2. The van der Waals surface area contributed by atoms with Gasteiger partial charge in [0.1, 0.15) is 0 Å². The summed E-state index contributed by atoms with van der Waals surface area (Å²) < 4.78 is 5.26. The average molecular weight is 256 g/mol. The van der Waals surface area contributed by atoms with Crippen molar-refractivity contribution < 1.29 is 9.53 Å². The summed E-state index contributed by atoms with van der Waals surface area (Å²) in [7, 11) is 3.46. The van der Waals surface area contributed by atoms with Crippen LogP contribution in [0.3, 0.4) is 0 Å². The van der Waals surface area contributed by atoms with Crippen LogP contribution in [0.1, 0.15) is 29.1 Å². The second-order valence-electron chi connectivity index (χ2n) is 4.00. The van der Waals surface area contributed by atoms with E-state index >= 15 is 0 Å². The molecule has 0 bridgehead atoms. The second kappa shape index (κ2) is 5.42. The molecule has 17 heavy (non-hydrogen) atoms. The van der Waals surface area contributed by atoms with Crippen molar-refractivity contribution in [1.29, 1.82) is 0 Å². The molecule has 0 saturated heterocycles. The molecule has 2 N–H and O–H groups in total. The van der Waals surface area contributed by atoms with Gasteiger partial charge >= 0.3 is 0 Å². The predicted octanol–water partition coefficient (Wildman–Crippen LogP) is 0.877. The number of anilines is 1. The van der Waals surface area contributed by atoms with E-state index in [2.05, 4.69) is 20.8 Å². The number of hydrogen-bond acceptors (Lipinski definition) is 6. The first kappa shape index (κ1) is 12.3. The van der Waals surface area contributed by atoms with Gasteiger partial charge in [-0.05, 0) is 19.3 Å². The van der Waals surface area contributed by atoms with Crippen molar-refractivity contribution in [2.75, 3.05) is 19.5 Å². The number of amides is 1. The molecular weight excluding hydrogens is 240 g/mol. The first-order valence-electron chi connectivity index (χ1n) is 5.58. The first-order valence-corrected chi connectivity index (χ1v) is 6.39. The Morgan fingerprint density at radius 1 is 1.47 bits per heavy atom. The summed E-state index contributed by atoms with van der Waals surface area (Å²) in [5.41, 5.74) is 0. The van der Waals surface area contributed by atoms with Gasteiger partial charge in [0, 0.05) is 20.2 Å². The van der Waals surface area contributed by atoms with Crippen molar-refractivity contribution in [2.24, 2.45) is 0 Å². The highest BCUT2D eigenvalue weighted by Gasteiger charge is 2.26. The smallest absolute Gasteiger partial charge is 0.282 e. The minimum atomic E-state index is -0.147. The SMILES string of the molecule is CNc1nnc(C(=O)NC2CCC(OC)C2)s1. The molecule has 2 rings (SSSR count). The third kappa shape index (κ3) is 2.92. The zero-order chi connectivity index (χ0) is 12.3. The monoisotopic (exact) mass is 256 g/mol. The van der Waals surface area contributed by atoms with Gasteiger partial charge in [-0.15, -0.1) is 10.2 Å². The molecule has 0 radical (unpaired) electrons. The number of ether oxygens (including phenoxy) is 1. The van der Waals surface area contributed by atoms with Crippen LogP contribution in [0.25, 0.3) is 0 Å². The molecule has 1 amide bonds. The molecule has 0 aromatic carbocycles. The van der Waals surface area contributed by atoms with Gasteiger partial charge in [-0.1, -0.05) is 11.3 Å². The van der Waals surface area contributed by atoms with E-state index in [9.17, 15) is 4.79 Å². The Balaban J connectivity index is 1.89. The standard InChI is InChI=1S/C10H16N4O2S/c1-11-10-14-13-9(17-10)8(15)12-6-3-4-7(5-6)16-2/h6-7H,3-5H2,1-2H3,(H,11,14)(H,12,15). The van der Waals surface area contributed by atoms with Crippen LogP contribution in [-0.2, 0) is 4.74 Å². The molecule has 1 aliphatic carbocycles. The van der Waals surface area contributed by atoms with Gasteiger partial charge in [0.15, 0.2) is 0 Å². The lowest BCUT2D eigenvalue weighted by atomic mass is 10.2. The molecule has 1 heterocycles. The molecule has 94 valence electrons. The molecule has 0 spiro atoms. The van der Waals surface area contributed by atoms with Crippen LogP contribution in [0, 0.1) is 0 Å². The van der Waals surface area contributed by atoms with Crippen LogP contribution in [0.2, 0.25) is 0 Å². The fourth-order valence-electron chi connectivity index (χ4n) is 1.95. The largest absolute Gasteiger partial charge is 0.381 e. The maximum absolute atomic E-state index is 11.9. The number of rotatable bonds is 4. The molecule has 2 unspecified atom stereocenters. The Morgan fingerprint density at radius 2 is 2.29 bits per heavy atom. The van der Waals surface area contributed by atoms with Crippen molar-refractivity contribution in [2.45, 2.75) is 31.4 Å². The summed E-state index contributed by atoms with van der Waals surface area (Å²) in [6, 6.07) is 0.189. The highest BCUT2D eigenvalue weighted by atomic mass is 32.1. The summed E-state index contributed by atoms with van der Waals surface area (Å²) in [6.07, 6.45) is 3.10. The predicted molar refractivity (Wildman–Crippen MR) is 65.4 cm³/mol. The van der Waals surface area contributed by atoms with E-state index in [1.807, 2.05) is 0 Å². The molecule has 6 nitrogen and oxygen atoms in total. The molecular formula is C10H16N4O2S. The zero-order valence-corrected chi connectivity index (χ0v) is 10.7. The molecule has 1 aromatic heterocycles. The van der Waals surface area contributed by atoms with Crippen LogP contribution in [0.4, 0.5) is 5.13 Å². The van der Waals surface area contributed by atoms with E-state index in [1.165, 1.54) is 11.3 Å². The summed E-state index contributed by atoms with van der Waals surface area (Å²) in [4.78, 5) is 11.9. The third-order valence-electron chi connectivity index (χ3n) is 2.89. The zero-order valence-electron chi connectivity index (χ0n) is 9.90. The lowest BCUT2D eigenvalue weighted by molar-refractivity contribution is 0.0914. The lowest BCUT2D eigenvalue weighted by Gasteiger charge is -2.11. The first-order chi connectivity index (χ1) is 8.22. The van der Waals surface area contributed by atoms with Crippen molar-refractivity contribution in [1.82, 2.24) is 15.5 Å². The van der Waals surface area contributed by atoms with Crippen LogP contribution < -0.4 is 10.6 Å². The van der Waals surface area contributed by atoms with Crippen molar-refractivity contribution in [3.8, 4) is 0 Å². The Hall–Kier alpha value is -1.21. The van der Waals surface area contributed by atoms with Crippen LogP contribution in [-0.4, -0.2) is 42.4 Å². The molecule has 1 fully saturated rings. The van der Waals surface area contributed by atoms with Gasteiger partial charge in [0.2, 0.25) is 10.1 Å². The van der Waals surface area contributed by atoms with Crippen molar-refractivity contribution >= 4 is 22.4 Å². The highest BCUT2D eigenvalue weighted by Crippen LogP contribution is 2.22. The number of carbonyl (C=O) groups excluding carboxylic acids is 1. The Labute approximate surface area is 104 Å². The highest BCUT2D eigenvalue weighted by molar-refractivity contribution is 7.17. The normalized spacial score (nSPS) is 23.6. The number of aromatic nitrogens is 2. The minimum Gasteiger partial charge on any atom is -0.381 e. The second-order valence-corrected chi connectivity index (χ2v) is 4.98. The van der Waals surface area contributed by atoms with Crippen molar-refractivity contribution in [3.05, 3.63) is 5.01 Å². The summed E-state index contributed by atoms with van der Waals surface area (Å²) in [5, 5.41) is 14.5. The molecule has 2 atom stereocenters. The van der Waals surface area contributed by atoms with Crippen LogP contribution >= 0.6 is 11.3 Å². The molecule has 1 saturated carbocycles. The third-order valence-corrected chi connectivity index (χ3v) is 3.83.